The van der Waals surface area contributed by atoms with Gasteiger partial charge in [0, 0.05) is 25.7 Å². The van der Waals surface area contributed by atoms with Crippen LogP contribution in [-0.2, 0) is 17.8 Å². The SMILES string of the molecule is Cc1cccc(COc2cccc(CC(=O)N3CCNC[C@H]3C)c2)c1. The van der Waals surface area contributed by atoms with Crippen molar-refractivity contribution < 1.29 is 9.53 Å². The number of aryl methyl sites for hydroxylation is 1. The van der Waals surface area contributed by atoms with Crippen molar-refractivity contribution in [2.45, 2.75) is 32.9 Å². The Labute approximate surface area is 149 Å². The van der Waals surface area contributed by atoms with Gasteiger partial charge in [0.15, 0.2) is 0 Å². The summed E-state index contributed by atoms with van der Waals surface area (Å²) in [5, 5.41) is 3.31. The molecule has 1 heterocycles. The first-order chi connectivity index (χ1) is 12.1. The number of amides is 1. The number of hydrogen-bond acceptors (Lipinski definition) is 3. The predicted octanol–water partition coefficient (Wildman–Crippen LogP) is 2.94. The van der Waals surface area contributed by atoms with Gasteiger partial charge < -0.3 is 15.0 Å². The molecule has 2 aromatic rings. The Kier molecular flexibility index (Phi) is 5.71. The zero-order valence-corrected chi connectivity index (χ0v) is 15.0. The van der Waals surface area contributed by atoms with Gasteiger partial charge in [-0.3, -0.25) is 4.79 Å². The molecule has 0 radical (unpaired) electrons. The maximum Gasteiger partial charge on any atom is 0.227 e. The van der Waals surface area contributed by atoms with E-state index in [4.69, 9.17) is 4.74 Å². The third-order valence-electron chi connectivity index (χ3n) is 4.56. The van der Waals surface area contributed by atoms with Crippen molar-refractivity contribution in [2.75, 3.05) is 19.6 Å². The maximum atomic E-state index is 12.6. The van der Waals surface area contributed by atoms with E-state index in [-0.39, 0.29) is 11.9 Å². The Hall–Kier alpha value is -2.33. The van der Waals surface area contributed by atoms with Gasteiger partial charge in [0.25, 0.3) is 0 Å². The molecule has 2 aromatic carbocycles. The van der Waals surface area contributed by atoms with Gasteiger partial charge in [-0.25, -0.2) is 0 Å². The number of piperazine rings is 1. The second-order valence-electron chi connectivity index (χ2n) is 6.74. The van der Waals surface area contributed by atoms with Gasteiger partial charge in [0.05, 0.1) is 6.42 Å². The lowest BCUT2D eigenvalue weighted by atomic mass is 10.1. The molecule has 4 nitrogen and oxygen atoms in total. The van der Waals surface area contributed by atoms with Crippen molar-refractivity contribution in [3.05, 3.63) is 65.2 Å². The molecular formula is C21H26N2O2. The standard InChI is InChI=1S/C21H26N2O2/c1-16-5-3-7-19(11-16)15-25-20-8-4-6-18(12-20)13-21(24)23-10-9-22-14-17(23)2/h3-8,11-12,17,22H,9-10,13-15H2,1-2H3/t17-/m1/s1. The molecule has 1 N–H and O–H groups in total. The van der Waals surface area contributed by atoms with Crippen molar-refractivity contribution in [2.24, 2.45) is 0 Å². The number of carbonyl (C=O) groups is 1. The minimum atomic E-state index is 0.185. The molecule has 1 atom stereocenters. The molecule has 1 aliphatic rings. The Morgan fingerprint density at radius 3 is 2.80 bits per heavy atom. The van der Waals surface area contributed by atoms with E-state index >= 15 is 0 Å². The normalized spacial score (nSPS) is 17.4. The quantitative estimate of drug-likeness (QED) is 0.911. The summed E-state index contributed by atoms with van der Waals surface area (Å²) in [7, 11) is 0. The fourth-order valence-corrected chi connectivity index (χ4v) is 3.20. The molecule has 1 saturated heterocycles. The second kappa shape index (κ2) is 8.17. The number of ether oxygens (including phenoxy) is 1. The van der Waals surface area contributed by atoms with Crippen LogP contribution in [0.25, 0.3) is 0 Å². The van der Waals surface area contributed by atoms with E-state index in [1.54, 1.807) is 0 Å². The highest BCUT2D eigenvalue weighted by Crippen LogP contribution is 2.17. The molecule has 1 fully saturated rings. The summed E-state index contributed by atoms with van der Waals surface area (Å²) >= 11 is 0. The molecule has 1 amide bonds. The lowest BCUT2D eigenvalue weighted by molar-refractivity contribution is -0.133. The minimum absolute atomic E-state index is 0.185. The van der Waals surface area contributed by atoms with Gasteiger partial charge in [-0.2, -0.15) is 0 Å². The minimum Gasteiger partial charge on any atom is -0.489 e. The predicted molar refractivity (Wildman–Crippen MR) is 99.7 cm³/mol. The van der Waals surface area contributed by atoms with Crippen LogP contribution in [0.1, 0.15) is 23.6 Å². The van der Waals surface area contributed by atoms with Crippen molar-refractivity contribution in [1.82, 2.24) is 10.2 Å². The Bertz CT molecular complexity index is 729. The van der Waals surface area contributed by atoms with Crippen LogP contribution >= 0.6 is 0 Å². The van der Waals surface area contributed by atoms with Crippen molar-refractivity contribution >= 4 is 5.91 Å². The van der Waals surface area contributed by atoms with Crippen LogP contribution < -0.4 is 10.1 Å². The molecular weight excluding hydrogens is 312 g/mol. The monoisotopic (exact) mass is 338 g/mol. The molecule has 0 bridgehead atoms. The third-order valence-corrected chi connectivity index (χ3v) is 4.56. The molecule has 0 spiro atoms. The third kappa shape index (κ3) is 4.83. The van der Waals surface area contributed by atoms with Crippen LogP contribution in [-0.4, -0.2) is 36.5 Å². The maximum absolute atomic E-state index is 12.6. The first kappa shape index (κ1) is 17.5. The first-order valence-electron chi connectivity index (χ1n) is 8.89. The topological polar surface area (TPSA) is 41.6 Å². The van der Waals surface area contributed by atoms with Crippen LogP contribution in [0.5, 0.6) is 5.75 Å². The summed E-state index contributed by atoms with van der Waals surface area (Å²) in [6, 6.07) is 16.4. The number of nitrogens with zero attached hydrogens (tertiary/aromatic N) is 1. The zero-order chi connectivity index (χ0) is 17.6. The van der Waals surface area contributed by atoms with Gasteiger partial charge in [0.1, 0.15) is 12.4 Å². The van der Waals surface area contributed by atoms with Crippen LogP contribution in [0.2, 0.25) is 0 Å². The lowest BCUT2D eigenvalue weighted by Crippen LogP contribution is -2.52. The van der Waals surface area contributed by atoms with Gasteiger partial charge in [-0.1, -0.05) is 42.0 Å². The lowest BCUT2D eigenvalue weighted by Gasteiger charge is -2.34. The van der Waals surface area contributed by atoms with Gasteiger partial charge in [-0.15, -0.1) is 0 Å². The highest BCUT2D eigenvalue weighted by molar-refractivity contribution is 5.79. The molecule has 1 aliphatic heterocycles. The first-order valence-corrected chi connectivity index (χ1v) is 8.89. The molecule has 0 aliphatic carbocycles. The van der Waals surface area contributed by atoms with Crippen LogP contribution in [0.15, 0.2) is 48.5 Å². The van der Waals surface area contributed by atoms with Crippen molar-refractivity contribution in [3.8, 4) is 5.75 Å². The van der Waals surface area contributed by atoms with Crippen LogP contribution in [0.3, 0.4) is 0 Å². The van der Waals surface area contributed by atoms with Gasteiger partial charge >= 0.3 is 0 Å². The molecule has 25 heavy (non-hydrogen) atoms. The fraction of sp³-hybridized carbons (Fsp3) is 0.381. The van der Waals surface area contributed by atoms with E-state index in [2.05, 4.69) is 37.4 Å². The molecule has 132 valence electrons. The summed E-state index contributed by atoms with van der Waals surface area (Å²) in [5.41, 5.74) is 3.37. The Balaban J connectivity index is 1.60. The summed E-state index contributed by atoms with van der Waals surface area (Å²) < 4.78 is 5.90. The van der Waals surface area contributed by atoms with E-state index in [0.29, 0.717) is 13.0 Å². The van der Waals surface area contributed by atoms with E-state index in [9.17, 15) is 4.79 Å². The Morgan fingerprint density at radius 2 is 2.00 bits per heavy atom. The fourth-order valence-electron chi connectivity index (χ4n) is 3.20. The number of carbonyl (C=O) groups excluding carboxylic acids is 1. The van der Waals surface area contributed by atoms with Gasteiger partial charge in [-0.05, 0) is 37.1 Å². The summed E-state index contributed by atoms with van der Waals surface area (Å²) in [5.74, 6) is 0.991. The van der Waals surface area contributed by atoms with E-state index in [0.717, 1.165) is 36.5 Å². The smallest absolute Gasteiger partial charge is 0.227 e. The van der Waals surface area contributed by atoms with E-state index in [1.807, 2.05) is 35.2 Å². The van der Waals surface area contributed by atoms with Gasteiger partial charge in [0.2, 0.25) is 5.91 Å². The van der Waals surface area contributed by atoms with Crippen molar-refractivity contribution in [3.63, 3.8) is 0 Å². The number of nitrogens with one attached hydrogen (secondary N) is 1. The molecule has 4 heteroatoms. The van der Waals surface area contributed by atoms with Crippen LogP contribution in [0, 0.1) is 6.92 Å². The molecule has 0 saturated carbocycles. The number of hydrogen-bond donors (Lipinski definition) is 1. The average Bonchev–Trinajstić information content (AvgIpc) is 2.61. The van der Waals surface area contributed by atoms with E-state index < -0.39 is 0 Å². The van der Waals surface area contributed by atoms with Crippen LogP contribution in [0.4, 0.5) is 0 Å². The second-order valence-corrected chi connectivity index (χ2v) is 6.74. The average molecular weight is 338 g/mol. The highest BCUT2D eigenvalue weighted by Gasteiger charge is 2.22. The highest BCUT2D eigenvalue weighted by atomic mass is 16.5. The number of benzene rings is 2. The molecule has 3 rings (SSSR count). The Morgan fingerprint density at radius 1 is 1.20 bits per heavy atom. The molecule has 0 aromatic heterocycles. The summed E-state index contributed by atoms with van der Waals surface area (Å²) in [4.78, 5) is 14.5. The summed E-state index contributed by atoms with van der Waals surface area (Å²) in [6.45, 7) is 7.22. The summed E-state index contributed by atoms with van der Waals surface area (Å²) in [6.07, 6.45) is 0.423. The largest absolute Gasteiger partial charge is 0.489 e. The number of rotatable bonds is 5. The molecule has 0 unspecified atom stereocenters. The zero-order valence-electron chi connectivity index (χ0n) is 15.0. The van der Waals surface area contributed by atoms with Crippen molar-refractivity contribution in [1.29, 1.82) is 0 Å². The van der Waals surface area contributed by atoms with E-state index in [1.165, 1.54) is 5.56 Å².